The average Bonchev–Trinajstić information content (AvgIpc) is 2.42. The standard InChI is InChI=1S/C15H9ClF2O3/c16-11-8-10(17)3-5-13(11)21-14-4-1-9(7-12(14)18)2-6-15(19)20/h1-8H,(H,19,20)/b6-2+. The molecular weight excluding hydrogens is 302 g/mol. The Morgan fingerprint density at radius 2 is 1.86 bits per heavy atom. The zero-order chi connectivity index (χ0) is 15.4. The van der Waals surface area contributed by atoms with Crippen LogP contribution in [0.2, 0.25) is 5.02 Å². The van der Waals surface area contributed by atoms with Crippen LogP contribution in [0.4, 0.5) is 8.78 Å². The Kier molecular flexibility index (Phi) is 4.55. The van der Waals surface area contributed by atoms with Gasteiger partial charge in [-0.05, 0) is 42.0 Å². The Bertz CT molecular complexity index is 714. The fourth-order valence-electron chi connectivity index (χ4n) is 1.55. The number of carbonyl (C=O) groups is 1. The lowest BCUT2D eigenvalue weighted by Crippen LogP contribution is -1.91. The van der Waals surface area contributed by atoms with Gasteiger partial charge in [-0.3, -0.25) is 0 Å². The van der Waals surface area contributed by atoms with Gasteiger partial charge in [0.1, 0.15) is 11.6 Å². The van der Waals surface area contributed by atoms with Crippen LogP contribution in [0, 0.1) is 11.6 Å². The summed E-state index contributed by atoms with van der Waals surface area (Å²) in [6.07, 6.45) is 2.15. The second kappa shape index (κ2) is 6.37. The van der Waals surface area contributed by atoms with Crippen molar-refractivity contribution in [2.75, 3.05) is 0 Å². The highest BCUT2D eigenvalue weighted by Gasteiger charge is 2.09. The number of carboxylic acid groups (broad SMARTS) is 1. The van der Waals surface area contributed by atoms with Gasteiger partial charge in [0.15, 0.2) is 11.6 Å². The summed E-state index contributed by atoms with van der Waals surface area (Å²) in [6, 6.07) is 7.41. The summed E-state index contributed by atoms with van der Waals surface area (Å²) >= 11 is 5.78. The molecule has 2 aromatic rings. The Balaban J connectivity index is 2.23. The van der Waals surface area contributed by atoms with Crippen LogP contribution < -0.4 is 4.74 Å². The first-order chi connectivity index (χ1) is 9.95. The smallest absolute Gasteiger partial charge is 0.328 e. The molecule has 0 unspecified atom stereocenters. The summed E-state index contributed by atoms with van der Waals surface area (Å²) in [5, 5.41) is 8.51. The zero-order valence-electron chi connectivity index (χ0n) is 10.5. The van der Waals surface area contributed by atoms with Crippen molar-refractivity contribution in [1.29, 1.82) is 0 Å². The molecule has 0 radical (unpaired) electrons. The van der Waals surface area contributed by atoms with Crippen molar-refractivity contribution in [3.05, 3.63) is 64.7 Å². The van der Waals surface area contributed by atoms with Gasteiger partial charge in [-0.25, -0.2) is 13.6 Å². The monoisotopic (exact) mass is 310 g/mol. The first kappa shape index (κ1) is 15.0. The molecule has 0 aliphatic rings. The van der Waals surface area contributed by atoms with Gasteiger partial charge in [0.25, 0.3) is 0 Å². The van der Waals surface area contributed by atoms with Crippen LogP contribution >= 0.6 is 11.6 Å². The van der Waals surface area contributed by atoms with Crippen molar-refractivity contribution >= 4 is 23.6 Å². The van der Waals surface area contributed by atoms with Crippen molar-refractivity contribution in [3.8, 4) is 11.5 Å². The third-order valence-electron chi connectivity index (χ3n) is 2.49. The van der Waals surface area contributed by atoms with Crippen LogP contribution in [-0.2, 0) is 4.79 Å². The molecule has 0 aromatic heterocycles. The molecule has 0 saturated carbocycles. The number of hydrogen-bond acceptors (Lipinski definition) is 2. The van der Waals surface area contributed by atoms with Gasteiger partial charge in [-0.2, -0.15) is 0 Å². The molecule has 0 atom stereocenters. The first-order valence-corrected chi connectivity index (χ1v) is 6.17. The highest BCUT2D eigenvalue weighted by atomic mass is 35.5. The van der Waals surface area contributed by atoms with Crippen molar-refractivity contribution in [1.82, 2.24) is 0 Å². The van der Waals surface area contributed by atoms with Crippen molar-refractivity contribution in [3.63, 3.8) is 0 Å². The normalized spacial score (nSPS) is 10.8. The molecule has 0 spiro atoms. The molecule has 6 heteroatoms. The highest BCUT2D eigenvalue weighted by molar-refractivity contribution is 6.32. The Morgan fingerprint density at radius 1 is 1.14 bits per heavy atom. The Hall–Kier alpha value is -2.40. The fraction of sp³-hybridized carbons (Fsp3) is 0. The highest BCUT2D eigenvalue weighted by Crippen LogP contribution is 2.31. The molecule has 0 heterocycles. The summed E-state index contributed by atoms with van der Waals surface area (Å²) in [6.45, 7) is 0. The summed E-state index contributed by atoms with van der Waals surface area (Å²) in [7, 11) is 0. The van der Waals surface area contributed by atoms with Gasteiger partial charge in [0.05, 0.1) is 5.02 Å². The molecule has 2 rings (SSSR count). The van der Waals surface area contributed by atoms with E-state index in [0.717, 1.165) is 24.3 Å². The minimum absolute atomic E-state index is 0.0178. The predicted molar refractivity (Wildman–Crippen MR) is 74.6 cm³/mol. The molecule has 3 nitrogen and oxygen atoms in total. The van der Waals surface area contributed by atoms with E-state index < -0.39 is 17.6 Å². The number of carboxylic acids is 1. The molecule has 0 fully saturated rings. The SMILES string of the molecule is O=C(O)/C=C/c1ccc(Oc2ccc(F)cc2Cl)c(F)c1. The quantitative estimate of drug-likeness (QED) is 0.845. The summed E-state index contributed by atoms with van der Waals surface area (Å²) in [5.41, 5.74) is 0.368. The number of benzene rings is 2. The number of aliphatic carboxylic acids is 1. The Morgan fingerprint density at radius 3 is 2.48 bits per heavy atom. The van der Waals surface area contributed by atoms with Crippen molar-refractivity contribution < 1.29 is 23.4 Å². The van der Waals surface area contributed by atoms with E-state index in [1.54, 1.807) is 0 Å². The van der Waals surface area contributed by atoms with Crippen LogP contribution in [0.1, 0.15) is 5.56 Å². The van der Waals surface area contributed by atoms with Crippen molar-refractivity contribution in [2.45, 2.75) is 0 Å². The van der Waals surface area contributed by atoms with Crippen LogP contribution in [0.15, 0.2) is 42.5 Å². The molecule has 21 heavy (non-hydrogen) atoms. The molecular formula is C15H9ClF2O3. The lowest BCUT2D eigenvalue weighted by atomic mass is 10.2. The maximum atomic E-state index is 13.8. The minimum Gasteiger partial charge on any atom is -0.478 e. The molecule has 0 aliphatic heterocycles. The lowest BCUT2D eigenvalue weighted by molar-refractivity contribution is -0.131. The molecule has 0 amide bonds. The van der Waals surface area contributed by atoms with E-state index in [9.17, 15) is 13.6 Å². The summed E-state index contributed by atoms with van der Waals surface area (Å²) < 4.78 is 32.0. The number of halogens is 3. The van der Waals surface area contributed by atoms with E-state index >= 15 is 0 Å². The maximum Gasteiger partial charge on any atom is 0.328 e. The fourth-order valence-corrected chi connectivity index (χ4v) is 1.75. The molecule has 0 aliphatic carbocycles. The van der Waals surface area contributed by atoms with Gasteiger partial charge in [0, 0.05) is 6.08 Å². The third kappa shape index (κ3) is 4.03. The van der Waals surface area contributed by atoms with Gasteiger partial charge in [-0.1, -0.05) is 17.7 Å². The van der Waals surface area contributed by atoms with E-state index in [1.165, 1.54) is 24.3 Å². The Labute approximate surface area is 124 Å². The van der Waals surface area contributed by atoms with E-state index in [4.69, 9.17) is 21.4 Å². The molecule has 1 N–H and O–H groups in total. The number of ether oxygens (including phenoxy) is 1. The molecule has 108 valence electrons. The van der Waals surface area contributed by atoms with Crippen LogP contribution in [-0.4, -0.2) is 11.1 Å². The lowest BCUT2D eigenvalue weighted by Gasteiger charge is -2.09. The van der Waals surface area contributed by atoms with Crippen LogP contribution in [0.3, 0.4) is 0 Å². The zero-order valence-corrected chi connectivity index (χ0v) is 11.3. The molecule has 0 saturated heterocycles. The largest absolute Gasteiger partial charge is 0.478 e. The van der Waals surface area contributed by atoms with E-state index in [-0.39, 0.29) is 16.5 Å². The van der Waals surface area contributed by atoms with Gasteiger partial charge in [-0.15, -0.1) is 0 Å². The second-order valence-corrected chi connectivity index (χ2v) is 4.45. The van der Waals surface area contributed by atoms with Crippen LogP contribution in [0.25, 0.3) is 6.08 Å². The van der Waals surface area contributed by atoms with E-state index in [2.05, 4.69) is 0 Å². The average molecular weight is 311 g/mol. The molecule has 2 aromatic carbocycles. The van der Waals surface area contributed by atoms with Crippen LogP contribution in [0.5, 0.6) is 11.5 Å². The predicted octanol–water partition coefficient (Wildman–Crippen LogP) is 4.51. The van der Waals surface area contributed by atoms with E-state index in [0.29, 0.717) is 5.56 Å². The van der Waals surface area contributed by atoms with E-state index in [1.807, 2.05) is 0 Å². The molecule has 0 bridgehead atoms. The van der Waals surface area contributed by atoms with Gasteiger partial charge >= 0.3 is 5.97 Å². The van der Waals surface area contributed by atoms with Gasteiger partial charge < -0.3 is 9.84 Å². The first-order valence-electron chi connectivity index (χ1n) is 5.79. The number of hydrogen-bond donors (Lipinski definition) is 1. The maximum absolute atomic E-state index is 13.8. The number of rotatable bonds is 4. The van der Waals surface area contributed by atoms with Gasteiger partial charge in [0.2, 0.25) is 0 Å². The third-order valence-corrected chi connectivity index (χ3v) is 2.78. The second-order valence-electron chi connectivity index (χ2n) is 4.04. The summed E-state index contributed by atoms with van der Waals surface area (Å²) in [4.78, 5) is 10.4. The topological polar surface area (TPSA) is 46.5 Å². The summed E-state index contributed by atoms with van der Waals surface area (Å²) in [5.74, 6) is -2.33. The minimum atomic E-state index is -1.13. The van der Waals surface area contributed by atoms with Crippen molar-refractivity contribution in [2.24, 2.45) is 0 Å².